The predicted octanol–water partition coefficient (Wildman–Crippen LogP) is 5.60. The lowest BCUT2D eigenvalue weighted by atomic mass is 10.2. The van der Waals surface area contributed by atoms with E-state index in [9.17, 15) is 9.59 Å². The lowest BCUT2D eigenvalue weighted by molar-refractivity contribution is -0.141. The standard InChI is InChI=1S/C26H38ClN3O2/c1-5-7-15-29(25(31)11-6-2)20-26(32)30(17-21(3)4)19-23-13-10-16-28(23)18-22-12-8-9-14-24(22)27/h8-10,12-14,16,21H,5-7,11,15,17-20H2,1-4H3. The first-order valence-corrected chi connectivity index (χ1v) is 12.2. The Labute approximate surface area is 198 Å². The maximum absolute atomic E-state index is 13.3. The highest BCUT2D eigenvalue weighted by Crippen LogP contribution is 2.18. The third-order valence-electron chi connectivity index (χ3n) is 5.44. The summed E-state index contributed by atoms with van der Waals surface area (Å²) in [4.78, 5) is 29.5. The summed E-state index contributed by atoms with van der Waals surface area (Å²) < 4.78 is 2.14. The quantitative estimate of drug-likeness (QED) is 0.391. The van der Waals surface area contributed by atoms with Gasteiger partial charge in [0, 0.05) is 43.0 Å². The van der Waals surface area contributed by atoms with E-state index in [1.165, 1.54) is 0 Å². The van der Waals surface area contributed by atoms with Crippen LogP contribution in [0.1, 0.15) is 64.6 Å². The molecule has 1 aromatic heterocycles. The molecule has 0 bridgehead atoms. The first kappa shape index (κ1) is 26.0. The van der Waals surface area contributed by atoms with Gasteiger partial charge in [0.2, 0.25) is 11.8 Å². The topological polar surface area (TPSA) is 45.6 Å². The Morgan fingerprint density at radius 1 is 1.00 bits per heavy atom. The summed E-state index contributed by atoms with van der Waals surface area (Å²) in [6.07, 6.45) is 5.21. The minimum Gasteiger partial charge on any atom is -0.345 e. The molecule has 5 nitrogen and oxygen atoms in total. The molecule has 0 atom stereocenters. The number of benzene rings is 1. The van der Waals surface area contributed by atoms with E-state index in [2.05, 4.69) is 31.4 Å². The second kappa shape index (κ2) is 13.3. The molecule has 0 saturated heterocycles. The molecule has 0 saturated carbocycles. The van der Waals surface area contributed by atoms with Crippen molar-refractivity contribution in [2.75, 3.05) is 19.6 Å². The van der Waals surface area contributed by atoms with Crippen molar-refractivity contribution in [2.45, 2.75) is 66.5 Å². The van der Waals surface area contributed by atoms with Gasteiger partial charge in [-0.2, -0.15) is 0 Å². The smallest absolute Gasteiger partial charge is 0.242 e. The Hall–Kier alpha value is -2.27. The van der Waals surface area contributed by atoms with Gasteiger partial charge in [0.05, 0.1) is 13.1 Å². The van der Waals surface area contributed by atoms with Crippen LogP contribution in [-0.2, 0) is 22.7 Å². The fourth-order valence-electron chi connectivity index (χ4n) is 3.72. The summed E-state index contributed by atoms with van der Waals surface area (Å²) in [5, 5.41) is 0.739. The third kappa shape index (κ3) is 8.01. The van der Waals surface area contributed by atoms with Gasteiger partial charge in [-0.15, -0.1) is 0 Å². The van der Waals surface area contributed by atoms with Crippen molar-refractivity contribution in [3.63, 3.8) is 0 Å². The van der Waals surface area contributed by atoms with E-state index in [4.69, 9.17) is 11.6 Å². The maximum Gasteiger partial charge on any atom is 0.242 e. The number of carbonyl (C=O) groups excluding carboxylic acids is 2. The molecule has 6 heteroatoms. The van der Waals surface area contributed by atoms with Crippen LogP contribution < -0.4 is 0 Å². The van der Waals surface area contributed by atoms with Crippen molar-refractivity contribution in [2.24, 2.45) is 5.92 Å². The van der Waals surface area contributed by atoms with Crippen LogP contribution in [0.2, 0.25) is 5.02 Å². The fourth-order valence-corrected chi connectivity index (χ4v) is 3.92. The minimum atomic E-state index is 0.00440. The third-order valence-corrected chi connectivity index (χ3v) is 5.81. The first-order chi connectivity index (χ1) is 15.3. The zero-order valence-electron chi connectivity index (χ0n) is 20.0. The van der Waals surface area contributed by atoms with Crippen molar-refractivity contribution in [1.82, 2.24) is 14.4 Å². The van der Waals surface area contributed by atoms with E-state index in [1.807, 2.05) is 48.4 Å². The maximum atomic E-state index is 13.3. The van der Waals surface area contributed by atoms with Gasteiger partial charge in [0.1, 0.15) is 0 Å². The summed E-state index contributed by atoms with van der Waals surface area (Å²) in [5.74, 6) is 0.409. The van der Waals surface area contributed by atoms with Gasteiger partial charge >= 0.3 is 0 Å². The van der Waals surface area contributed by atoms with Gasteiger partial charge < -0.3 is 14.4 Å². The molecule has 2 amide bonds. The number of unbranched alkanes of at least 4 members (excludes halogenated alkanes) is 1. The number of amides is 2. The van der Waals surface area contributed by atoms with Crippen LogP contribution in [0, 0.1) is 5.92 Å². The summed E-state index contributed by atoms with van der Waals surface area (Å²) in [6.45, 7) is 10.9. The molecular formula is C26H38ClN3O2. The van der Waals surface area contributed by atoms with E-state index in [0.717, 1.165) is 35.5 Å². The van der Waals surface area contributed by atoms with Crippen molar-refractivity contribution in [3.05, 3.63) is 58.9 Å². The molecule has 0 aliphatic carbocycles. The molecular weight excluding hydrogens is 422 g/mol. The highest BCUT2D eigenvalue weighted by molar-refractivity contribution is 6.31. The molecule has 0 spiro atoms. The summed E-state index contributed by atoms with van der Waals surface area (Å²) >= 11 is 6.36. The van der Waals surface area contributed by atoms with Crippen LogP contribution in [0.15, 0.2) is 42.6 Å². The molecule has 0 unspecified atom stereocenters. The molecule has 0 N–H and O–H groups in total. The molecule has 0 aliphatic heterocycles. The summed E-state index contributed by atoms with van der Waals surface area (Å²) in [6, 6.07) is 11.9. The van der Waals surface area contributed by atoms with Crippen molar-refractivity contribution in [1.29, 1.82) is 0 Å². The molecule has 1 heterocycles. The van der Waals surface area contributed by atoms with E-state index in [1.54, 1.807) is 4.90 Å². The van der Waals surface area contributed by atoms with Gasteiger partial charge in [0.15, 0.2) is 0 Å². The molecule has 0 radical (unpaired) electrons. The van der Waals surface area contributed by atoms with E-state index in [0.29, 0.717) is 38.5 Å². The first-order valence-electron chi connectivity index (χ1n) is 11.8. The number of hydrogen-bond donors (Lipinski definition) is 0. The number of hydrogen-bond acceptors (Lipinski definition) is 2. The zero-order chi connectivity index (χ0) is 23.5. The molecule has 2 rings (SSSR count). The predicted molar refractivity (Wildman–Crippen MR) is 132 cm³/mol. The lowest BCUT2D eigenvalue weighted by Crippen LogP contribution is -2.44. The Balaban J connectivity index is 2.16. The van der Waals surface area contributed by atoms with Crippen LogP contribution in [-0.4, -0.2) is 45.8 Å². The second-order valence-electron chi connectivity index (χ2n) is 8.81. The van der Waals surface area contributed by atoms with E-state index >= 15 is 0 Å². The molecule has 176 valence electrons. The highest BCUT2D eigenvalue weighted by Gasteiger charge is 2.22. The Morgan fingerprint density at radius 3 is 2.41 bits per heavy atom. The number of carbonyl (C=O) groups is 2. The number of rotatable bonds is 13. The van der Waals surface area contributed by atoms with Gasteiger partial charge in [-0.05, 0) is 42.5 Å². The molecule has 2 aromatic rings. The molecule has 1 aromatic carbocycles. The second-order valence-corrected chi connectivity index (χ2v) is 9.21. The molecule has 0 aliphatic rings. The average molecular weight is 460 g/mol. The number of halogens is 1. The van der Waals surface area contributed by atoms with Gasteiger partial charge in [-0.25, -0.2) is 0 Å². The lowest BCUT2D eigenvalue weighted by Gasteiger charge is -2.29. The van der Waals surface area contributed by atoms with Crippen LogP contribution in [0.5, 0.6) is 0 Å². The normalized spacial score (nSPS) is 11.1. The van der Waals surface area contributed by atoms with Crippen molar-refractivity contribution >= 4 is 23.4 Å². The number of nitrogens with zero attached hydrogens (tertiary/aromatic N) is 3. The van der Waals surface area contributed by atoms with Crippen LogP contribution >= 0.6 is 11.6 Å². The van der Waals surface area contributed by atoms with Crippen molar-refractivity contribution < 1.29 is 9.59 Å². The molecule has 0 fully saturated rings. The van der Waals surface area contributed by atoms with E-state index < -0.39 is 0 Å². The number of aromatic nitrogens is 1. The minimum absolute atomic E-state index is 0.00440. The van der Waals surface area contributed by atoms with Crippen LogP contribution in [0.3, 0.4) is 0 Å². The molecule has 32 heavy (non-hydrogen) atoms. The Kier molecular flexibility index (Phi) is 10.8. The summed E-state index contributed by atoms with van der Waals surface area (Å²) in [5.41, 5.74) is 2.10. The fraction of sp³-hybridized carbons (Fsp3) is 0.538. The zero-order valence-corrected chi connectivity index (χ0v) is 20.8. The largest absolute Gasteiger partial charge is 0.345 e. The monoisotopic (exact) mass is 459 g/mol. The van der Waals surface area contributed by atoms with Crippen LogP contribution in [0.4, 0.5) is 0 Å². The SMILES string of the molecule is CCCCN(CC(=O)N(Cc1cccn1Cc1ccccc1Cl)CC(C)C)C(=O)CCC. The summed E-state index contributed by atoms with van der Waals surface area (Å²) in [7, 11) is 0. The Morgan fingerprint density at radius 2 is 1.75 bits per heavy atom. The van der Waals surface area contributed by atoms with Crippen molar-refractivity contribution in [3.8, 4) is 0 Å². The van der Waals surface area contributed by atoms with Gasteiger partial charge in [-0.1, -0.05) is 63.9 Å². The van der Waals surface area contributed by atoms with E-state index in [-0.39, 0.29) is 18.4 Å². The van der Waals surface area contributed by atoms with Gasteiger partial charge in [-0.3, -0.25) is 9.59 Å². The average Bonchev–Trinajstić information content (AvgIpc) is 3.18. The van der Waals surface area contributed by atoms with Crippen LogP contribution in [0.25, 0.3) is 0 Å². The Bertz CT molecular complexity index is 862. The highest BCUT2D eigenvalue weighted by atomic mass is 35.5. The van der Waals surface area contributed by atoms with Gasteiger partial charge in [0.25, 0.3) is 0 Å².